The number of hydrogen-bond acceptors (Lipinski definition) is 4. The Morgan fingerprint density at radius 1 is 1.19 bits per heavy atom. The van der Waals surface area contributed by atoms with Crippen molar-refractivity contribution in [2.75, 3.05) is 19.8 Å². The molecule has 0 amide bonds. The fraction of sp³-hybridized carbons (Fsp3) is 0.350. The van der Waals surface area contributed by atoms with Crippen molar-refractivity contribution in [1.82, 2.24) is 10.3 Å². The number of nitrogens with one attached hydrogen (secondary N) is 1. The number of nitrogen functional groups attached to an aromatic ring is 1. The molecule has 0 bridgehead atoms. The Kier molecular flexibility index (Phi) is 9.36. The number of nitrogens with two attached hydrogens (primary N) is 1. The molecule has 1 heterocycles. The van der Waals surface area contributed by atoms with Crippen LogP contribution in [0.2, 0.25) is 0 Å². The lowest BCUT2D eigenvalue weighted by molar-refractivity contribution is 0.214. The maximum absolute atomic E-state index is 13.9. The first kappa shape index (κ1) is 22.5. The third kappa shape index (κ3) is 6.60. The number of halogens is 3. The van der Waals surface area contributed by atoms with Crippen LogP contribution < -0.4 is 15.8 Å². The van der Waals surface area contributed by atoms with Crippen LogP contribution in [0.15, 0.2) is 36.5 Å². The fourth-order valence-electron chi connectivity index (χ4n) is 2.25. The monoisotopic (exact) mass is 381 g/mol. The highest BCUT2D eigenvalue weighted by Crippen LogP contribution is 2.30. The summed E-state index contributed by atoms with van der Waals surface area (Å²) in [5.74, 6) is -2.98. The summed E-state index contributed by atoms with van der Waals surface area (Å²) in [6.45, 7) is 3.44. The summed E-state index contributed by atoms with van der Waals surface area (Å²) < 4.78 is 46.5. The van der Waals surface area contributed by atoms with E-state index in [1.54, 1.807) is 12.3 Å². The zero-order valence-electron chi connectivity index (χ0n) is 16.0. The van der Waals surface area contributed by atoms with Crippen LogP contribution in [0.3, 0.4) is 0 Å². The summed E-state index contributed by atoms with van der Waals surface area (Å²) in [6.07, 6.45) is 6.08. The van der Waals surface area contributed by atoms with Crippen molar-refractivity contribution >= 4 is 5.82 Å². The molecule has 1 atom stereocenters. The fourth-order valence-corrected chi connectivity index (χ4v) is 2.25. The number of ether oxygens (including phenoxy) is 1. The number of hydrogen-bond donors (Lipinski definition) is 2. The Morgan fingerprint density at radius 2 is 1.81 bits per heavy atom. The average Bonchev–Trinajstić information content (AvgIpc) is 2.62. The minimum Gasteiger partial charge on any atom is -0.482 e. The van der Waals surface area contributed by atoms with E-state index in [-0.39, 0.29) is 11.6 Å². The molecule has 7 heteroatoms. The molecule has 2 aromatic rings. The molecule has 1 unspecified atom stereocenters. The van der Waals surface area contributed by atoms with Gasteiger partial charge in [0.25, 0.3) is 0 Å². The molecule has 0 radical (unpaired) electrons. The Labute approximate surface area is 158 Å². The molecule has 0 spiro atoms. The molecule has 0 saturated carbocycles. The number of anilines is 1. The summed E-state index contributed by atoms with van der Waals surface area (Å²) in [7, 11) is 3.75. The number of aromatic nitrogens is 1. The third-order valence-electron chi connectivity index (χ3n) is 3.48. The summed E-state index contributed by atoms with van der Waals surface area (Å²) in [5.41, 5.74) is 6.12. The molecule has 27 heavy (non-hydrogen) atoms. The lowest BCUT2D eigenvalue weighted by Gasteiger charge is -2.18. The van der Waals surface area contributed by atoms with Gasteiger partial charge in [-0.25, -0.2) is 18.2 Å². The Balaban J connectivity index is 0.00000114. The smallest absolute Gasteiger partial charge is 0.168 e. The predicted octanol–water partition coefficient (Wildman–Crippen LogP) is 4.57. The molecule has 1 aromatic carbocycles. The van der Waals surface area contributed by atoms with Gasteiger partial charge in [-0.2, -0.15) is 0 Å². The van der Waals surface area contributed by atoms with Crippen LogP contribution in [0, 0.1) is 17.5 Å². The summed E-state index contributed by atoms with van der Waals surface area (Å²) in [5, 5.41) is 2.75. The standard InChI is InChI=1S/C18H19F3N2O.C2H7N/c1-3-4-5-6-12-9-15(18(22)23-10-12)24-11(2)16-13(19)7-8-14(20)17(16)21;1-3-2/h4-5,7-11H,3,6H2,1-2H3,(H2,22,23);3H,1-2H3/b5-4-;. The zero-order valence-corrected chi connectivity index (χ0v) is 16.0. The molecule has 0 fully saturated rings. The second-order valence-electron chi connectivity index (χ2n) is 5.83. The minimum absolute atomic E-state index is 0.0993. The summed E-state index contributed by atoms with van der Waals surface area (Å²) in [4.78, 5) is 4.02. The molecule has 0 aliphatic heterocycles. The molecule has 0 saturated heterocycles. The quantitative estimate of drug-likeness (QED) is 0.569. The first-order chi connectivity index (χ1) is 12.8. The zero-order chi connectivity index (χ0) is 20.4. The largest absolute Gasteiger partial charge is 0.482 e. The lowest BCUT2D eigenvalue weighted by atomic mass is 10.1. The van der Waals surface area contributed by atoms with E-state index in [4.69, 9.17) is 10.5 Å². The van der Waals surface area contributed by atoms with Crippen LogP contribution >= 0.6 is 0 Å². The first-order valence-corrected chi connectivity index (χ1v) is 8.63. The molecule has 0 aliphatic rings. The van der Waals surface area contributed by atoms with Crippen LogP contribution in [-0.4, -0.2) is 19.1 Å². The van der Waals surface area contributed by atoms with E-state index in [9.17, 15) is 13.2 Å². The maximum Gasteiger partial charge on any atom is 0.168 e. The van der Waals surface area contributed by atoms with Gasteiger partial charge >= 0.3 is 0 Å². The number of pyridine rings is 1. The predicted molar refractivity (Wildman–Crippen MR) is 102 cm³/mol. The minimum atomic E-state index is -1.27. The van der Waals surface area contributed by atoms with Gasteiger partial charge < -0.3 is 15.8 Å². The normalized spacial score (nSPS) is 11.8. The molecular weight excluding hydrogens is 355 g/mol. The summed E-state index contributed by atoms with van der Waals surface area (Å²) in [6, 6.07) is 3.26. The van der Waals surface area contributed by atoms with Crippen LogP contribution in [0.4, 0.5) is 19.0 Å². The number of allylic oxidation sites excluding steroid dienone is 2. The molecular formula is C20H26F3N3O. The van der Waals surface area contributed by atoms with E-state index >= 15 is 0 Å². The van der Waals surface area contributed by atoms with Crippen molar-refractivity contribution in [2.45, 2.75) is 32.8 Å². The van der Waals surface area contributed by atoms with Crippen LogP contribution in [-0.2, 0) is 6.42 Å². The maximum atomic E-state index is 13.9. The van der Waals surface area contributed by atoms with E-state index in [2.05, 4.69) is 10.3 Å². The second-order valence-corrected chi connectivity index (χ2v) is 5.83. The molecule has 1 aromatic heterocycles. The highest BCUT2D eigenvalue weighted by Gasteiger charge is 2.22. The SMILES string of the molecule is CC/C=C\Cc1cnc(N)c(OC(C)c2c(F)ccc(F)c2F)c1.CNC. The highest BCUT2D eigenvalue weighted by atomic mass is 19.2. The van der Waals surface area contributed by atoms with E-state index in [0.29, 0.717) is 6.42 Å². The van der Waals surface area contributed by atoms with E-state index in [0.717, 1.165) is 24.1 Å². The molecule has 2 rings (SSSR count). The van der Waals surface area contributed by atoms with Crippen molar-refractivity contribution in [3.8, 4) is 5.75 Å². The van der Waals surface area contributed by atoms with Crippen LogP contribution in [0.5, 0.6) is 5.75 Å². The van der Waals surface area contributed by atoms with Crippen molar-refractivity contribution in [2.24, 2.45) is 0 Å². The van der Waals surface area contributed by atoms with Crippen LogP contribution in [0.1, 0.15) is 37.5 Å². The van der Waals surface area contributed by atoms with Gasteiger partial charge in [-0.15, -0.1) is 0 Å². The van der Waals surface area contributed by atoms with Gasteiger partial charge in [-0.1, -0.05) is 19.1 Å². The number of rotatable bonds is 6. The van der Waals surface area contributed by atoms with Gasteiger partial charge in [-0.05, 0) is 57.6 Å². The Hall–Kier alpha value is -2.54. The highest BCUT2D eigenvalue weighted by molar-refractivity contribution is 5.47. The van der Waals surface area contributed by atoms with Crippen molar-refractivity contribution < 1.29 is 17.9 Å². The van der Waals surface area contributed by atoms with Gasteiger partial charge in [0.2, 0.25) is 0 Å². The summed E-state index contributed by atoms with van der Waals surface area (Å²) >= 11 is 0. The molecule has 0 aliphatic carbocycles. The van der Waals surface area contributed by atoms with E-state index in [1.165, 1.54) is 6.92 Å². The van der Waals surface area contributed by atoms with Crippen molar-refractivity contribution in [3.05, 3.63) is 65.1 Å². The van der Waals surface area contributed by atoms with Gasteiger partial charge in [-0.3, -0.25) is 0 Å². The molecule has 3 N–H and O–H groups in total. The van der Waals surface area contributed by atoms with Crippen molar-refractivity contribution in [3.63, 3.8) is 0 Å². The van der Waals surface area contributed by atoms with Crippen LogP contribution in [0.25, 0.3) is 0 Å². The van der Waals surface area contributed by atoms with Crippen molar-refractivity contribution in [1.29, 1.82) is 0 Å². The number of nitrogens with zero attached hydrogens (tertiary/aromatic N) is 1. The lowest BCUT2D eigenvalue weighted by Crippen LogP contribution is -2.11. The van der Waals surface area contributed by atoms with E-state index in [1.807, 2.05) is 33.2 Å². The first-order valence-electron chi connectivity index (χ1n) is 8.63. The Morgan fingerprint density at radius 3 is 2.44 bits per heavy atom. The second kappa shape index (κ2) is 11.2. The van der Waals surface area contributed by atoms with Gasteiger partial charge in [0, 0.05) is 6.20 Å². The topological polar surface area (TPSA) is 60.2 Å². The molecule has 148 valence electrons. The van der Waals surface area contributed by atoms with Gasteiger partial charge in [0.05, 0.1) is 5.56 Å². The van der Waals surface area contributed by atoms with Gasteiger partial charge in [0.1, 0.15) is 11.9 Å². The number of benzene rings is 1. The van der Waals surface area contributed by atoms with E-state index < -0.39 is 29.1 Å². The third-order valence-corrected chi connectivity index (χ3v) is 3.48. The van der Waals surface area contributed by atoms with Gasteiger partial charge in [0.15, 0.2) is 23.2 Å². The Bertz CT molecular complexity index is 766. The molecule has 4 nitrogen and oxygen atoms in total. The average molecular weight is 381 g/mol.